The molecule has 3 heteroatoms. The second-order valence-electron chi connectivity index (χ2n) is 3.53. The normalized spacial score (nSPS) is 30.3. The summed E-state index contributed by atoms with van der Waals surface area (Å²) in [5.41, 5.74) is 5.65. The van der Waals surface area contributed by atoms with Crippen LogP contribution in [0.3, 0.4) is 0 Å². The van der Waals surface area contributed by atoms with Gasteiger partial charge in [0.15, 0.2) is 0 Å². The van der Waals surface area contributed by atoms with E-state index in [0.717, 1.165) is 32.5 Å². The van der Waals surface area contributed by atoms with E-state index in [1.165, 1.54) is 0 Å². The summed E-state index contributed by atoms with van der Waals surface area (Å²) in [7, 11) is 0. The van der Waals surface area contributed by atoms with Crippen molar-refractivity contribution in [3.63, 3.8) is 0 Å². The molecule has 3 N–H and O–H groups in total. The van der Waals surface area contributed by atoms with Crippen LogP contribution in [0.2, 0.25) is 0 Å². The monoisotopic (exact) mass is 158 g/mol. The number of likely N-dealkylation sites (tertiary alicyclic amines) is 1. The Morgan fingerprint density at radius 3 is 3.00 bits per heavy atom. The number of β-amino-alcohol motifs (C(OH)–C–C–N with tert-alkyl or cyclic N) is 1. The first-order valence-corrected chi connectivity index (χ1v) is 4.34. The third-order valence-corrected chi connectivity index (χ3v) is 2.03. The van der Waals surface area contributed by atoms with Gasteiger partial charge in [-0.15, -0.1) is 0 Å². The van der Waals surface area contributed by atoms with E-state index in [4.69, 9.17) is 5.73 Å². The Bertz CT molecular complexity index is 115. The van der Waals surface area contributed by atoms with E-state index >= 15 is 0 Å². The third kappa shape index (κ3) is 3.18. The minimum Gasteiger partial charge on any atom is -0.392 e. The average Bonchev–Trinajstić information content (AvgIpc) is 1.85. The van der Waals surface area contributed by atoms with Gasteiger partial charge >= 0.3 is 0 Å². The first-order chi connectivity index (χ1) is 5.18. The van der Waals surface area contributed by atoms with Crippen LogP contribution in [0.25, 0.3) is 0 Å². The number of rotatable bonds is 2. The molecule has 0 bridgehead atoms. The minimum atomic E-state index is -0.123. The van der Waals surface area contributed by atoms with Crippen LogP contribution < -0.4 is 5.73 Å². The molecule has 1 aliphatic rings. The van der Waals surface area contributed by atoms with Gasteiger partial charge in [0.1, 0.15) is 0 Å². The van der Waals surface area contributed by atoms with Gasteiger partial charge in [-0.05, 0) is 26.3 Å². The Morgan fingerprint density at radius 2 is 2.45 bits per heavy atom. The quantitative estimate of drug-likeness (QED) is 0.584. The summed E-state index contributed by atoms with van der Waals surface area (Å²) >= 11 is 0. The molecule has 1 unspecified atom stereocenters. The topological polar surface area (TPSA) is 49.5 Å². The Hall–Kier alpha value is -0.120. The van der Waals surface area contributed by atoms with Gasteiger partial charge in [-0.1, -0.05) is 0 Å². The number of piperidine rings is 1. The average molecular weight is 158 g/mol. The van der Waals surface area contributed by atoms with Gasteiger partial charge in [0.05, 0.1) is 6.10 Å². The zero-order valence-electron chi connectivity index (χ0n) is 7.16. The van der Waals surface area contributed by atoms with Crippen LogP contribution in [0.1, 0.15) is 19.8 Å². The fourth-order valence-electron chi connectivity index (χ4n) is 1.60. The van der Waals surface area contributed by atoms with E-state index in [0.29, 0.717) is 0 Å². The van der Waals surface area contributed by atoms with Crippen molar-refractivity contribution in [1.29, 1.82) is 0 Å². The molecule has 0 radical (unpaired) electrons. The van der Waals surface area contributed by atoms with Gasteiger partial charge < -0.3 is 10.8 Å². The molecule has 0 aromatic rings. The van der Waals surface area contributed by atoms with Crippen LogP contribution in [0, 0.1) is 0 Å². The molecule has 0 aliphatic carbocycles. The van der Waals surface area contributed by atoms with Crippen molar-refractivity contribution in [3.05, 3.63) is 0 Å². The number of aliphatic hydroxyl groups excluding tert-OH is 1. The van der Waals surface area contributed by atoms with Crippen LogP contribution in [0.15, 0.2) is 0 Å². The molecule has 0 aromatic carbocycles. The van der Waals surface area contributed by atoms with E-state index in [1.54, 1.807) is 0 Å². The van der Waals surface area contributed by atoms with Crippen LogP contribution in [0.4, 0.5) is 0 Å². The van der Waals surface area contributed by atoms with Crippen molar-refractivity contribution < 1.29 is 5.11 Å². The van der Waals surface area contributed by atoms with Crippen LogP contribution >= 0.6 is 0 Å². The number of nitrogens with two attached hydrogens (primary N) is 1. The van der Waals surface area contributed by atoms with Crippen molar-refractivity contribution in [3.8, 4) is 0 Å². The van der Waals surface area contributed by atoms with Crippen LogP contribution in [0.5, 0.6) is 0 Å². The molecule has 1 rings (SSSR count). The van der Waals surface area contributed by atoms with E-state index in [1.807, 2.05) is 6.92 Å². The molecule has 2 atom stereocenters. The summed E-state index contributed by atoms with van der Waals surface area (Å²) < 4.78 is 0. The fraction of sp³-hybridized carbons (Fsp3) is 1.00. The first kappa shape index (κ1) is 8.97. The van der Waals surface area contributed by atoms with E-state index in [-0.39, 0.29) is 12.1 Å². The fourth-order valence-corrected chi connectivity index (χ4v) is 1.60. The van der Waals surface area contributed by atoms with Crippen molar-refractivity contribution >= 4 is 0 Å². The smallest absolute Gasteiger partial charge is 0.0667 e. The summed E-state index contributed by atoms with van der Waals surface area (Å²) in [5, 5.41) is 9.31. The molecule has 0 spiro atoms. The first-order valence-electron chi connectivity index (χ1n) is 4.34. The van der Waals surface area contributed by atoms with Crippen LogP contribution in [-0.2, 0) is 0 Å². The zero-order chi connectivity index (χ0) is 8.27. The van der Waals surface area contributed by atoms with Gasteiger partial charge in [0.2, 0.25) is 0 Å². The highest BCUT2D eigenvalue weighted by molar-refractivity contribution is 4.73. The van der Waals surface area contributed by atoms with E-state index < -0.39 is 0 Å². The zero-order valence-corrected chi connectivity index (χ0v) is 7.16. The Kier molecular flexibility index (Phi) is 3.30. The summed E-state index contributed by atoms with van der Waals surface area (Å²) in [6.45, 7) is 4.82. The number of hydrogen-bond acceptors (Lipinski definition) is 3. The molecular formula is C8H18N2O. The molecular weight excluding hydrogens is 140 g/mol. The van der Waals surface area contributed by atoms with Crippen molar-refractivity contribution in [1.82, 2.24) is 4.90 Å². The van der Waals surface area contributed by atoms with Crippen molar-refractivity contribution in [2.45, 2.75) is 31.9 Å². The van der Waals surface area contributed by atoms with Gasteiger partial charge in [-0.3, -0.25) is 4.90 Å². The Morgan fingerprint density at radius 1 is 1.73 bits per heavy atom. The largest absolute Gasteiger partial charge is 0.392 e. The third-order valence-electron chi connectivity index (χ3n) is 2.03. The maximum absolute atomic E-state index is 9.31. The Labute approximate surface area is 68.2 Å². The van der Waals surface area contributed by atoms with Gasteiger partial charge in [-0.2, -0.15) is 0 Å². The van der Waals surface area contributed by atoms with Gasteiger partial charge in [0, 0.05) is 19.1 Å². The number of nitrogens with zero attached hydrogens (tertiary/aromatic N) is 1. The maximum Gasteiger partial charge on any atom is 0.0667 e. The molecule has 1 saturated heterocycles. The summed E-state index contributed by atoms with van der Waals surface area (Å²) in [4.78, 5) is 2.23. The maximum atomic E-state index is 9.31. The lowest BCUT2D eigenvalue weighted by atomic mass is 10.1. The highest BCUT2D eigenvalue weighted by Gasteiger charge is 2.17. The van der Waals surface area contributed by atoms with Crippen molar-refractivity contribution in [2.75, 3.05) is 19.6 Å². The standard InChI is InChI=1S/C8H18N2O/c1-7(9)5-10-4-2-3-8(11)6-10/h7-8,11H,2-6,9H2,1H3/t7-,8?/m0/s1. The van der Waals surface area contributed by atoms with Crippen molar-refractivity contribution in [2.24, 2.45) is 5.73 Å². The SMILES string of the molecule is C[C@H](N)CN1CCCC(O)C1. The highest BCUT2D eigenvalue weighted by atomic mass is 16.3. The predicted molar refractivity (Wildman–Crippen MR) is 45.3 cm³/mol. The summed E-state index contributed by atoms with van der Waals surface area (Å²) in [5.74, 6) is 0. The molecule has 11 heavy (non-hydrogen) atoms. The second-order valence-corrected chi connectivity index (χ2v) is 3.53. The molecule has 1 heterocycles. The predicted octanol–water partition coefficient (Wildman–Crippen LogP) is -0.210. The lowest BCUT2D eigenvalue weighted by Crippen LogP contribution is -2.43. The molecule has 66 valence electrons. The summed E-state index contributed by atoms with van der Waals surface area (Å²) in [6.07, 6.45) is 1.94. The lowest BCUT2D eigenvalue weighted by Gasteiger charge is -2.30. The number of aliphatic hydroxyl groups is 1. The minimum absolute atomic E-state index is 0.123. The molecule has 0 amide bonds. The van der Waals surface area contributed by atoms with Gasteiger partial charge in [0.25, 0.3) is 0 Å². The molecule has 1 fully saturated rings. The van der Waals surface area contributed by atoms with Gasteiger partial charge in [-0.25, -0.2) is 0 Å². The Balaban J connectivity index is 2.23. The van der Waals surface area contributed by atoms with E-state index in [9.17, 15) is 5.11 Å². The molecule has 1 aliphatic heterocycles. The highest BCUT2D eigenvalue weighted by Crippen LogP contribution is 2.09. The summed E-state index contributed by atoms with van der Waals surface area (Å²) in [6, 6.07) is 0.222. The van der Waals surface area contributed by atoms with E-state index in [2.05, 4.69) is 4.90 Å². The van der Waals surface area contributed by atoms with Crippen LogP contribution in [-0.4, -0.2) is 41.8 Å². The molecule has 0 saturated carbocycles. The number of hydrogen-bond donors (Lipinski definition) is 2. The second kappa shape index (κ2) is 4.04. The molecule has 0 aromatic heterocycles. The molecule has 3 nitrogen and oxygen atoms in total. The lowest BCUT2D eigenvalue weighted by molar-refractivity contribution is 0.0685.